The van der Waals surface area contributed by atoms with Crippen molar-refractivity contribution in [1.29, 1.82) is 0 Å². The molecule has 0 spiro atoms. The predicted octanol–water partition coefficient (Wildman–Crippen LogP) is 5.57. The Hall–Kier alpha value is -2.15. The quantitative estimate of drug-likeness (QED) is 0.663. The van der Waals surface area contributed by atoms with Crippen LogP contribution in [0.3, 0.4) is 0 Å². The van der Waals surface area contributed by atoms with E-state index in [2.05, 4.69) is 4.98 Å². The molecule has 0 bridgehead atoms. The maximum Gasteiger partial charge on any atom is 0.417 e. The van der Waals surface area contributed by atoms with Gasteiger partial charge in [-0.05, 0) is 37.8 Å². The summed E-state index contributed by atoms with van der Waals surface area (Å²) >= 11 is 1.10. The van der Waals surface area contributed by atoms with Crippen LogP contribution in [0.25, 0.3) is 16.8 Å². The number of esters is 1. The van der Waals surface area contributed by atoms with E-state index in [9.17, 15) is 18.0 Å². The number of carbonyl (C=O) groups is 1. The van der Waals surface area contributed by atoms with E-state index in [1.165, 1.54) is 12.1 Å². The van der Waals surface area contributed by atoms with Gasteiger partial charge >= 0.3 is 12.1 Å². The molecule has 0 atom stereocenters. The summed E-state index contributed by atoms with van der Waals surface area (Å²) in [6.45, 7) is 1.86. The minimum atomic E-state index is -4.49. The van der Waals surface area contributed by atoms with Gasteiger partial charge in [-0.1, -0.05) is 24.3 Å². The van der Waals surface area contributed by atoms with E-state index >= 15 is 0 Å². The van der Waals surface area contributed by atoms with Crippen molar-refractivity contribution < 1.29 is 22.7 Å². The van der Waals surface area contributed by atoms with Gasteiger partial charge in [-0.15, -0.1) is 11.3 Å². The van der Waals surface area contributed by atoms with Crippen molar-refractivity contribution in [2.45, 2.75) is 32.4 Å². The lowest BCUT2D eigenvalue weighted by atomic mass is 10.0. The Morgan fingerprint density at radius 2 is 2.08 bits per heavy atom. The highest BCUT2D eigenvalue weighted by Gasteiger charge is 2.35. The molecule has 0 saturated heterocycles. The first-order valence-corrected chi connectivity index (χ1v) is 8.77. The van der Waals surface area contributed by atoms with Gasteiger partial charge in [-0.2, -0.15) is 13.2 Å². The Bertz CT molecular complexity index is 824. The van der Waals surface area contributed by atoms with E-state index in [0.717, 1.165) is 42.2 Å². The molecule has 1 aliphatic rings. The van der Waals surface area contributed by atoms with E-state index in [0.29, 0.717) is 4.88 Å². The third kappa shape index (κ3) is 3.61. The molecule has 1 aliphatic carbocycles. The number of carbonyl (C=O) groups excluding carboxylic acids is 1. The van der Waals surface area contributed by atoms with Crippen molar-refractivity contribution in [2.24, 2.45) is 0 Å². The number of rotatable bonds is 4. The number of halogens is 3. The highest BCUT2D eigenvalue weighted by molar-refractivity contribution is 7.15. The fraction of sp³-hybridized carbons (Fsp3) is 0.333. The predicted molar refractivity (Wildman–Crippen MR) is 90.3 cm³/mol. The van der Waals surface area contributed by atoms with Gasteiger partial charge in [0, 0.05) is 5.56 Å². The van der Waals surface area contributed by atoms with Crippen LogP contribution in [0.2, 0.25) is 0 Å². The van der Waals surface area contributed by atoms with Crippen LogP contribution in [0, 0.1) is 0 Å². The lowest BCUT2D eigenvalue weighted by Crippen LogP contribution is -2.08. The van der Waals surface area contributed by atoms with Crippen LogP contribution in [0.4, 0.5) is 13.2 Å². The molecule has 132 valence electrons. The summed E-state index contributed by atoms with van der Waals surface area (Å²) in [5.41, 5.74) is 0.384. The molecule has 1 aromatic heterocycles. The summed E-state index contributed by atoms with van der Waals surface area (Å²) in [7, 11) is 0. The molecule has 0 aliphatic heterocycles. The fourth-order valence-corrected chi connectivity index (χ4v) is 3.86. The van der Waals surface area contributed by atoms with Gasteiger partial charge < -0.3 is 4.74 Å². The normalized spacial score (nSPS) is 14.5. The first kappa shape index (κ1) is 17.7. The number of thiazole rings is 1. The van der Waals surface area contributed by atoms with Crippen LogP contribution in [-0.2, 0) is 10.9 Å². The second-order valence-corrected chi connectivity index (χ2v) is 6.58. The molecule has 0 unspecified atom stereocenters. The van der Waals surface area contributed by atoms with E-state index < -0.39 is 17.7 Å². The lowest BCUT2D eigenvalue weighted by molar-refractivity contribution is -0.137. The molecule has 0 saturated carbocycles. The first-order valence-electron chi connectivity index (χ1n) is 7.95. The zero-order valence-electron chi connectivity index (χ0n) is 13.5. The smallest absolute Gasteiger partial charge is 0.417 e. The first-order chi connectivity index (χ1) is 11.9. The molecular weight excluding hydrogens is 351 g/mol. The molecule has 7 heteroatoms. The van der Waals surface area contributed by atoms with Crippen molar-refractivity contribution in [3.8, 4) is 11.3 Å². The molecule has 2 aromatic rings. The maximum atomic E-state index is 13.4. The molecule has 0 radical (unpaired) electrons. The van der Waals surface area contributed by atoms with Gasteiger partial charge in [-0.3, -0.25) is 0 Å². The zero-order chi connectivity index (χ0) is 18.0. The van der Waals surface area contributed by atoms with Crippen molar-refractivity contribution in [3.05, 3.63) is 45.8 Å². The van der Waals surface area contributed by atoms with E-state index in [1.807, 2.05) is 6.08 Å². The van der Waals surface area contributed by atoms with Gasteiger partial charge in [0.05, 0.1) is 22.7 Å². The van der Waals surface area contributed by atoms with Gasteiger partial charge in [-0.25, -0.2) is 9.78 Å². The van der Waals surface area contributed by atoms with Gasteiger partial charge in [0.1, 0.15) is 0 Å². The molecule has 1 aromatic carbocycles. The van der Waals surface area contributed by atoms with Gasteiger partial charge in [0.2, 0.25) is 5.01 Å². The Labute approximate surface area is 147 Å². The lowest BCUT2D eigenvalue weighted by Gasteiger charge is -2.12. The molecular formula is C18H16F3NO2S. The van der Waals surface area contributed by atoms with Crippen molar-refractivity contribution in [1.82, 2.24) is 4.98 Å². The third-order valence-electron chi connectivity index (χ3n) is 3.90. The largest absolute Gasteiger partial charge is 0.461 e. The third-order valence-corrected chi connectivity index (χ3v) is 5.01. The fourth-order valence-electron chi connectivity index (χ4n) is 2.81. The van der Waals surface area contributed by atoms with Crippen LogP contribution in [0.1, 0.15) is 46.4 Å². The Morgan fingerprint density at radius 1 is 1.32 bits per heavy atom. The van der Waals surface area contributed by atoms with Crippen LogP contribution in [0.15, 0.2) is 30.3 Å². The highest BCUT2D eigenvalue weighted by atomic mass is 32.1. The molecule has 0 amide bonds. The average Bonchev–Trinajstić information content (AvgIpc) is 3.23. The zero-order valence-corrected chi connectivity index (χ0v) is 14.3. The van der Waals surface area contributed by atoms with Crippen molar-refractivity contribution in [3.63, 3.8) is 0 Å². The van der Waals surface area contributed by atoms with Gasteiger partial charge in [0.25, 0.3) is 0 Å². The highest BCUT2D eigenvalue weighted by Crippen LogP contribution is 2.43. The summed E-state index contributed by atoms with van der Waals surface area (Å²) in [5, 5.41) is 0.0802. The second kappa shape index (κ2) is 7.00. The Balaban J connectivity index is 2.17. The molecule has 0 N–H and O–H groups in total. The minimum absolute atomic E-state index is 0.00963. The number of allylic oxidation sites excluding steroid dienone is 2. The van der Waals surface area contributed by atoms with Crippen molar-refractivity contribution >= 4 is 22.9 Å². The van der Waals surface area contributed by atoms with E-state index in [-0.39, 0.29) is 22.9 Å². The summed E-state index contributed by atoms with van der Waals surface area (Å²) in [6, 6.07) is 5.32. The summed E-state index contributed by atoms with van der Waals surface area (Å²) < 4.78 is 45.2. The topological polar surface area (TPSA) is 39.2 Å². The number of benzene rings is 1. The maximum absolute atomic E-state index is 13.4. The monoisotopic (exact) mass is 367 g/mol. The van der Waals surface area contributed by atoms with E-state index in [4.69, 9.17) is 4.74 Å². The Morgan fingerprint density at radius 3 is 2.72 bits per heavy atom. The number of nitrogens with zero attached hydrogens (tertiary/aromatic N) is 1. The number of hydrogen-bond donors (Lipinski definition) is 0. The summed E-state index contributed by atoms with van der Waals surface area (Å²) in [6.07, 6.45) is 0.101. The molecule has 1 heterocycles. The van der Waals surface area contributed by atoms with Gasteiger partial charge in [0.15, 0.2) is 0 Å². The van der Waals surface area contributed by atoms with Crippen LogP contribution in [-0.4, -0.2) is 17.6 Å². The average molecular weight is 367 g/mol. The van der Waals surface area contributed by atoms with Crippen LogP contribution < -0.4 is 0 Å². The minimum Gasteiger partial charge on any atom is -0.461 e. The Kier molecular flexibility index (Phi) is 4.94. The van der Waals surface area contributed by atoms with E-state index in [1.54, 1.807) is 13.0 Å². The molecule has 3 rings (SSSR count). The number of hydrogen-bond acceptors (Lipinski definition) is 4. The molecule has 3 nitrogen and oxygen atoms in total. The number of alkyl halides is 3. The SMILES string of the molecule is CCOC(=O)c1nc(-c2ccccc2C(F)(F)F)c(C2=CCCC2)s1. The number of aromatic nitrogens is 1. The summed E-state index contributed by atoms with van der Waals surface area (Å²) in [5.74, 6) is -0.608. The molecule has 0 fully saturated rings. The van der Waals surface area contributed by atoms with Crippen molar-refractivity contribution in [2.75, 3.05) is 6.61 Å². The van der Waals surface area contributed by atoms with Crippen LogP contribution in [0.5, 0.6) is 0 Å². The second-order valence-electron chi connectivity index (χ2n) is 5.58. The number of ether oxygens (including phenoxy) is 1. The van der Waals surface area contributed by atoms with Crippen LogP contribution >= 0.6 is 11.3 Å². The standard InChI is InChI=1S/C18H16F3NO2S/c1-2-24-17(23)16-22-14(15(25-16)11-7-3-4-8-11)12-9-5-6-10-13(12)18(19,20)21/h5-7,9-10H,2-4,8H2,1H3. The summed E-state index contributed by atoms with van der Waals surface area (Å²) in [4.78, 5) is 16.9. The molecule has 25 heavy (non-hydrogen) atoms.